The lowest BCUT2D eigenvalue weighted by atomic mass is 9.79. The Labute approximate surface area is 117 Å². The molecule has 0 radical (unpaired) electrons. The van der Waals surface area contributed by atoms with Crippen molar-refractivity contribution in [2.45, 2.75) is 71.3 Å². The molecule has 0 bridgehead atoms. The molecule has 0 aromatic rings. The zero-order valence-electron chi connectivity index (χ0n) is 12.6. The summed E-state index contributed by atoms with van der Waals surface area (Å²) in [5.74, 6) is 1.23. The molecule has 0 heterocycles. The van der Waals surface area contributed by atoms with Crippen molar-refractivity contribution in [1.29, 1.82) is 0 Å². The molecule has 2 aliphatic rings. The Balaban J connectivity index is 1.79. The first-order valence-electron chi connectivity index (χ1n) is 8.00. The number of nitrogens with one attached hydrogen (secondary N) is 1. The van der Waals surface area contributed by atoms with Gasteiger partial charge in [-0.15, -0.1) is 0 Å². The summed E-state index contributed by atoms with van der Waals surface area (Å²) in [4.78, 5) is 12.4. The third kappa shape index (κ3) is 4.20. The number of hydrogen-bond acceptors (Lipinski definition) is 2. The predicted octanol–water partition coefficient (Wildman–Crippen LogP) is 2.84. The van der Waals surface area contributed by atoms with E-state index in [0.29, 0.717) is 23.3 Å². The summed E-state index contributed by atoms with van der Waals surface area (Å²) in [5.41, 5.74) is 6.05. The number of carbonyl (C=O) groups is 1. The van der Waals surface area contributed by atoms with Gasteiger partial charge in [0, 0.05) is 12.0 Å². The molecule has 3 heteroatoms. The van der Waals surface area contributed by atoms with Gasteiger partial charge < -0.3 is 11.1 Å². The second-order valence-electron chi connectivity index (χ2n) is 7.42. The van der Waals surface area contributed by atoms with Gasteiger partial charge in [-0.25, -0.2) is 0 Å². The maximum Gasteiger partial charge on any atom is 0.223 e. The van der Waals surface area contributed by atoms with Crippen LogP contribution in [-0.2, 0) is 4.79 Å². The summed E-state index contributed by atoms with van der Waals surface area (Å²) >= 11 is 0. The lowest BCUT2D eigenvalue weighted by Gasteiger charge is -2.29. The third-order valence-corrected chi connectivity index (χ3v) is 5.04. The van der Waals surface area contributed by atoms with Gasteiger partial charge in [0.2, 0.25) is 5.91 Å². The van der Waals surface area contributed by atoms with Crippen LogP contribution in [0.4, 0.5) is 0 Å². The Morgan fingerprint density at radius 3 is 2.74 bits per heavy atom. The lowest BCUT2D eigenvalue weighted by Crippen LogP contribution is -2.39. The summed E-state index contributed by atoms with van der Waals surface area (Å²) < 4.78 is 0. The van der Waals surface area contributed by atoms with Crippen molar-refractivity contribution < 1.29 is 4.79 Å². The Bertz CT molecular complexity index is 312. The van der Waals surface area contributed by atoms with Crippen molar-refractivity contribution in [1.82, 2.24) is 5.32 Å². The second-order valence-corrected chi connectivity index (χ2v) is 7.42. The van der Waals surface area contributed by atoms with Crippen molar-refractivity contribution >= 4 is 5.91 Å². The van der Waals surface area contributed by atoms with Crippen molar-refractivity contribution in [2.75, 3.05) is 6.54 Å². The molecule has 0 aromatic heterocycles. The van der Waals surface area contributed by atoms with Gasteiger partial charge in [0.05, 0.1) is 0 Å². The fourth-order valence-corrected chi connectivity index (χ4v) is 3.91. The van der Waals surface area contributed by atoms with Crippen LogP contribution in [0.25, 0.3) is 0 Å². The van der Waals surface area contributed by atoms with E-state index in [1.165, 1.54) is 19.3 Å². The topological polar surface area (TPSA) is 55.1 Å². The van der Waals surface area contributed by atoms with E-state index in [4.69, 9.17) is 5.73 Å². The summed E-state index contributed by atoms with van der Waals surface area (Å²) in [7, 11) is 0. The van der Waals surface area contributed by atoms with Crippen LogP contribution in [0.5, 0.6) is 0 Å². The Hall–Kier alpha value is -0.570. The van der Waals surface area contributed by atoms with Gasteiger partial charge in [-0.2, -0.15) is 0 Å². The second kappa shape index (κ2) is 6.25. The molecule has 0 saturated heterocycles. The van der Waals surface area contributed by atoms with Gasteiger partial charge in [0.15, 0.2) is 0 Å². The zero-order valence-corrected chi connectivity index (χ0v) is 12.6. The van der Waals surface area contributed by atoms with Gasteiger partial charge >= 0.3 is 0 Å². The molecular formula is C16H30N2O. The molecule has 3 unspecified atom stereocenters. The van der Waals surface area contributed by atoms with Crippen LogP contribution >= 0.6 is 0 Å². The zero-order chi connectivity index (χ0) is 13.9. The van der Waals surface area contributed by atoms with Crippen molar-refractivity contribution in [3.05, 3.63) is 0 Å². The van der Waals surface area contributed by atoms with Crippen LogP contribution in [0.3, 0.4) is 0 Å². The van der Waals surface area contributed by atoms with Gasteiger partial charge in [-0.3, -0.25) is 4.79 Å². The monoisotopic (exact) mass is 266 g/mol. The summed E-state index contributed by atoms with van der Waals surface area (Å²) in [6.45, 7) is 5.36. The van der Waals surface area contributed by atoms with E-state index in [1.54, 1.807) is 0 Å². The van der Waals surface area contributed by atoms with Crippen LogP contribution in [-0.4, -0.2) is 18.5 Å². The fourth-order valence-electron chi connectivity index (χ4n) is 3.91. The van der Waals surface area contributed by atoms with Crippen molar-refractivity contribution in [3.63, 3.8) is 0 Å². The number of hydrogen-bond donors (Lipinski definition) is 2. The first-order chi connectivity index (χ1) is 9.00. The molecular weight excluding hydrogens is 236 g/mol. The quantitative estimate of drug-likeness (QED) is 0.822. The van der Waals surface area contributed by atoms with Gasteiger partial charge in [0.25, 0.3) is 0 Å². The molecule has 1 amide bonds. The third-order valence-electron chi connectivity index (χ3n) is 5.04. The van der Waals surface area contributed by atoms with Crippen LogP contribution in [0.2, 0.25) is 0 Å². The number of nitrogens with two attached hydrogens (primary N) is 1. The number of amides is 1. The molecule has 19 heavy (non-hydrogen) atoms. The van der Waals surface area contributed by atoms with Crippen LogP contribution in [0, 0.1) is 17.3 Å². The first kappa shape index (κ1) is 14.8. The normalized spacial score (nSPS) is 34.2. The largest absolute Gasteiger partial charge is 0.353 e. The van der Waals surface area contributed by atoms with Crippen LogP contribution in [0.15, 0.2) is 0 Å². The minimum absolute atomic E-state index is 0.244. The van der Waals surface area contributed by atoms with E-state index in [2.05, 4.69) is 19.2 Å². The van der Waals surface area contributed by atoms with Gasteiger partial charge in [-0.1, -0.05) is 26.7 Å². The molecule has 2 saturated carbocycles. The Morgan fingerprint density at radius 2 is 2.11 bits per heavy atom. The van der Waals surface area contributed by atoms with Crippen LogP contribution in [0.1, 0.15) is 65.2 Å². The first-order valence-corrected chi connectivity index (χ1v) is 8.00. The van der Waals surface area contributed by atoms with Crippen LogP contribution < -0.4 is 11.1 Å². The highest BCUT2D eigenvalue weighted by Crippen LogP contribution is 2.37. The minimum atomic E-state index is 0.244. The molecule has 110 valence electrons. The highest BCUT2D eigenvalue weighted by molar-refractivity contribution is 5.79. The molecule has 0 aromatic carbocycles. The molecule has 2 rings (SSSR count). The lowest BCUT2D eigenvalue weighted by molar-refractivity contribution is -0.127. The minimum Gasteiger partial charge on any atom is -0.353 e. The SMILES string of the molecule is CC1(C)CCC(NC(=O)C2CCCC(CCN)C2)C1. The van der Waals surface area contributed by atoms with E-state index in [0.717, 1.165) is 38.6 Å². The number of carbonyl (C=O) groups excluding carboxylic acids is 1. The highest BCUT2D eigenvalue weighted by atomic mass is 16.1. The average molecular weight is 266 g/mol. The van der Waals surface area contributed by atoms with E-state index in [-0.39, 0.29) is 5.92 Å². The fraction of sp³-hybridized carbons (Fsp3) is 0.938. The summed E-state index contributed by atoms with van der Waals surface area (Å²) in [6, 6.07) is 0.414. The molecule has 3 N–H and O–H groups in total. The number of rotatable bonds is 4. The van der Waals surface area contributed by atoms with E-state index in [1.807, 2.05) is 0 Å². The molecule has 3 nitrogen and oxygen atoms in total. The van der Waals surface area contributed by atoms with Gasteiger partial charge in [0.1, 0.15) is 0 Å². The molecule has 3 atom stereocenters. The Kier molecular flexibility index (Phi) is 4.88. The molecule has 0 aliphatic heterocycles. The average Bonchev–Trinajstić information content (AvgIpc) is 2.69. The summed E-state index contributed by atoms with van der Waals surface area (Å²) in [5, 5.41) is 3.30. The predicted molar refractivity (Wildman–Crippen MR) is 78.7 cm³/mol. The van der Waals surface area contributed by atoms with Gasteiger partial charge in [-0.05, 0) is 56.4 Å². The van der Waals surface area contributed by atoms with E-state index < -0.39 is 0 Å². The maximum atomic E-state index is 12.4. The maximum absolute atomic E-state index is 12.4. The van der Waals surface area contributed by atoms with E-state index in [9.17, 15) is 4.79 Å². The standard InChI is InChI=1S/C16H30N2O/c1-16(2)8-6-14(11-16)18-15(19)13-5-3-4-12(10-13)7-9-17/h12-14H,3-11,17H2,1-2H3,(H,18,19). The smallest absolute Gasteiger partial charge is 0.223 e. The molecule has 2 fully saturated rings. The molecule has 0 spiro atoms. The summed E-state index contributed by atoms with van der Waals surface area (Å²) in [6.07, 6.45) is 9.19. The van der Waals surface area contributed by atoms with Crippen molar-refractivity contribution in [2.24, 2.45) is 23.0 Å². The van der Waals surface area contributed by atoms with E-state index >= 15 is 0 Å². The highest BCUT2D eigenvalue weighted by Gasteiger charge is 2.34. The molecule has 2 aliphatic carbocycles. The van der Waals surface area contributed by atoms with Crippen molar-refractivity contribution in [3.8, 4) is 0 Å². The Morgan fingerprint density at radius 1 is 1.32 bits per heavy atom.